The molecule has 3 aliphatic rings. The number of nitrogens with one attached hydrogen (secondary N) is 1. The van der Waals surface area contributed by atoms with Crippen LogP contribution in [0.15, 0.2) is 36.4 Å². The van der Waals surface area contributed by atoms with E-state index in [4.69, 9.17) is 0 Å². The third kappa shape index (κ3) is 2.15. The number of allylic oxidation sites excluding steroid dienone is 2. The van der Waals surface area contributed by atoms with E-state index in [0.717, 1.165) is 21.5 Å². The van der Waals surface area contributed by atoms with Crippen molar-refractivity contribution in [2.24, 2.45) is 23.7 Å². The molecule has 1 aromatic carbocycles. The summed E-state index contributed by atoms with van der Waals surface area (Å²) in [5, 5.41) is 3.19. The Morgan fingerprint density at radius 2 is 1.84 bits per heavy atom. The lowest BCUT2D eigenvalue weighted by molar-refractivity contribution is -0.143. The van der Waals surface area contributed by atoms with Gasteiger partial charge in [0.1, 0.15) is 6.54 Å². The van der Waals surface area contributed by atoms with E-state index in [0.29, 0.717) is 5.13 Å². The maximum Gasteiger partial charge on any atom is 0.246 e. The fraction of sp³-hybridized carbons (Fsp3) is 0.333. The first-order valence-electron chi connectivity index (χ1n) is 8.31. The number of hydrogen-bond acceptors (Lipinski definition) is 5. The van der Waals surface area contributed by atoms with Gasteiger partial charge in [0.15, 0.2) is 5.13 Å². The molecule has 4 atom stereocenters. The summed E-state index contributed by atoms with van der Waals surface area (Å²) in [6, 6.07) is 7.60. The third-order valence-electron chi connectivity index (χ3n) is 5.40. The molecule has 1 N–H and O–H groups in total. The molecule has 2 fully saturated rings. The second kappa shape index (κ2) is 5.23. The molecule has 2 aliphatic carbocycles. The summed E-state index contributed by atoms with van der Waals surface area (Å²) in [5.74, 6) is -1.01. The van der Waals surface area contributed by atoms with Gasteiger partial charge in [-0.2, -0.15) is 0 Å². The summed E-state index contributed by atoms with van der Waals surface area (Å²) in [4.78, 5) is 43.0. The molecule has 1 aliphatic heterocycles. The fourth-order valence-electron chi connectivity index (χ4n) is 4.35. The van der Waals surface area contributed by atoms with E-state index in [1.807, 2.05) is 36.4 Å². The molecule has 1 aromatic heterocycles. The molecule has 1 saturated heterocycles. The van der Waals surface area contributed by atoms with Gasteiger partial charge in [-0.15, -0.1) is 0 Å². The number of nitrogens with zero attached hydrogens (tertiary/aromatic N) is 2. The van der Waals surface area contributed by atoms with Gasteiger partial charge in [0.25, 0.3) is 0 Å². The lowest BCUT2D eigenvalue weighted by Gasteiger charge is -2.16. The van der Waals surface area contributed by atoms with Crippen LogP contribution in [-0.4, -0.2) is 34.2 Å². The molecule has 2 aromatic rings. The largest absolute Gasteiger partial charge is 0.300 e. The van der Waals surface area contributed by atoms with Crippen LogP contribution in [0.2, 0.25) is 0 Å². The molecule has 0 radical (unpaired) electrons. The third-order valence-corrected chi connectivity index (χ3v) is 6.36. The number of amides is 3. The van der Waals surface area contributed by atoms with E-state index < -0.39 is 0 Å². The summed E-state index contributed by atoms with van der Waals surface area (Å²) in [6.45, 7) is -0.236. The molecular formula is C18H15N3O3S. The number of thiazole rings is 1. The van der Waals surface area contributed by atoms with Gasteiger partial charge in [-0.25, -0.2) is 4.98 Å². The van der Waals surface area contributed by atoms with Crippen LogP contribution < -0.4 is 5.32 Å². The Bertz CT molecular complexity index is 887. The molecule has 126 valence electrons. The Balaban J connectivity index is 1.31. The highest BCUT2D eigenvalue weighted by Gasteiger charge is 2.59. The van der Waals surface area contributed by atoms with Crippen molar-refractivity contribution in [3.63, 3.8) is 0 Å². The van der Waals surface area contributed by atoms with E-state index in [1.165, 1.54) is 11.3 Å². The van der Waals surface area contributed by atoms with E-state index in [-0.39, 0.29) is 47.9 Å². The molecule has 0 spiro atoms. The smallest absolute Gasteiger partial charge is 0.246 e. The standard InChI is InChI=1S/C18H15N3O3S/c22-13(20-18-19-11-3-1-2-4-12(11)25-18)8-21-16(23)14-9-5-6-10(7-9)15(14)17(21)24/h1-6,9-10,14-15H,7-8H2,(H,19,20,22)/t9-,10+,14+,15-. The number of fused-ring (bicyclic) bond motifs is 6. The molecule has 3 amide bonds. The van der Waals surface area contributed by atoms with Gasteiger partial charge < -0.3 is 5.32 Å². The van der Waals surface area contributed by atoms with Crippen molar-refractivity contribution < 1.29 is 14.4 Å². The molecule has 25 heavy (non-hydrogen) atoms. The number of hydrogen-bond donors (Lipinski definition) is 1. The molecule has 0 unspecified atom stereocenters. The van der Waals surface area contributed by atoms with Crippen LogP contribution in [0.3, 0.4) is 0 Å². The number of likely N-dealkylation sites (tertiary alicyclic amines) is 1. The Labute approximate surface area is 147 Å². The summed E-state index contributed by atoms with van der Waals surface area (Å²) in [6.07, 6.45) is 4.97. The summed E-state index contributed by atoms with van der Waals surface area (Å²) in [5.41, 5.74) is 0.813. The molecule has 2 heterocycles. The van der Waals surface area contributed by atoms with Crippen molar-refractivity contribution in [3.05, 3.63) is 36.4 Å². The van der Waals surface area contributed by atoms with Crippen molar-refractivity contribution in [3.8, 4) is 0 Å². The van der Waals surface area contributed by atoms with Gasteiger partial charge in [-0.05, 0) is 30.4 Å². The molecule has 1 saturated carbocycles. The predicted molar refractivity (Wildman–Crippen MR) is 92.7 cm³/mol. The minimum Gasteiger partial charge on any atom is -0.300 e. The molecule has 7 heteroatoms. The van der Waals surface area contributed by atoms with Gasteiger partial charge in [0.05, 0.1) is 22.1 Å². The minimum absolute atomic E-state index is 0.156. The number of anilines is 1. The van der Waals surface area contributed by atoms with Crippen LogP contribution in [-0.2, 0) is 14.4 Å². The van der Waals surface area contributed by atoms with Crippen molar-refractivity contribution in [1.29, 1.82) is 0 Å². The SMILES string of the molecule is O=C(CN1C(=O)[C@@H]2[C@H](C1=O)[C@H]1C=C[C@@H]2C1)Nc1nc2ccccc2s1. The van der Waals surface area contributed by atoms with E-state index >= 15 is 0 Å². The topological polar surface area (TPSA) is 79.4 Å². The van der Waals surface area contributed by atoms with E-state index in [1.54, 1.807) is 0 Å². The molecule has 2 bridgehead atoms. The van der Waals surface area contributed by atoms with E-state index in [2.05, 4.69) is 10.3 Å². The quantitative estimate of drug-likeness (QED) is 0.676. The lowest BCUT2D eigenvalue weighted by Crippen LogP contribution is -2.39. The Kier molecular flexibility index (Phi) is 3.09. The van der Waals surface area contributed by atoms with Crippen molar-refractivity contribution >= 4 is 44.4 Å². The van der Waals surface area contributed by atoms with Crippen LogP contribution >= 0.6 is 11.3 Å². The second-order valence-corrected chi connectivity index (χ2v) is 7.83. The number of imide groups is 1. The van der Waals surface area contributed by atoms with Crippen molar-refractivity contribution in [1.82, 2.24) is 9.88 Å². The van der Waals surface area contributed by atoms with Gasteiger partial charge in [0, 0.05) is 0 Å². The maximum absolute atomic E-state index is 12.6. The number of aromatic nitrogens is 1. The summed E-state index contributed by atoms with van der Waals surface area (Å²) in [7, 11) is 0. The Hall–Kier alpha value is -2.54. The second-order valence-electron chi connectivity index (χ2n) is 6.80. The van der Waals surface area contributed by atoms with Crippen molar-refractivity contribution in [2.75, 3.05) is 11.9 Å². The Morgan fingerprint density at radius 3 is 2.52 bits per heavy atom. The average Bonchev–Trinajstić information content (AvgIpc) is 3.34. The maximum atomic E-state index is 12.6. The zero-order valence-electron chi connectivity index (χ0n) is 13.2. The Morgan fingerprint density at radius 1 is 1.16 bits per heavy atom. The molecule has 6 nitrogen and oxygen atoms in total. The predicted octanol–water partition coefficient (Wildman–Crippen LogP) is 2.04. The van der Waals surface area contributed by atoms with Crippen molar-refractivity contribution in [2.45, 2.75) is 6.42 Å². The average molecular weight is 353 g/mol. The summed E-state index contributed by atoms with van der Waals surface area (Å²) < 4.78 is 0.975. The number of rotatable bonds is 3. The highest BCUT2D eigenvalue weighted by atomic mass is 32.1. The summed E-state index contributed by atoms with van der Waals surface area (Å²) >= 11 is 1.37. The highest BCUT2D eigenvalue weighted by Crippen LogP contribution is 2.52. The molecular weight excluding hydrogens is 338 g/mol. The minimum atomic E-state index is -0.388. The number of carbonyl (C=O) groups excluding carboxylic acids is 3. The van der Waals surface area contributed by atoms with Gasteiger partial charge in [-0.3, -0.25) is 19.3 Å². The normalized spacial score (nSPS) is 29.7. The van der Waals surface area contributed by atoms with Crippen LogP contribution in [0.1, 0.15) is 6.42 Å². The molecule has 5 rings (SSSR count). The number of para-hydroxylation sites is 1. The van der Waals surface area contributed by atoms with Crippen LogP contribution in [0.5, 0.6) is 0 Å². The van der Waals surface area contributed by atoms with E-state index in [9.17, 15) is 14.4 Å². The zero-order chi connectivity index (χ0) is 17.1. The first-order chi connectivity index (χ1) is 12.1. The van der Waals surface area contributed by atoms with Crippen LogP contribution in [0, 0.1) is 23.7 Å². The number of carbonyl (C=O) groups is 3. The fourth-order valence-corrected chi connectivity index (χ4v) is 5.23. The van der Waals surface area contributed by atoms with Gasteiger partial charge >= 0.3 is 0 Å². The van der Waals surface area contributed by atoms with Crippen LogP contribution in [0.4, 0.5) is 5.13 Å². The van der Waals surface area contributed by atoms with Gasteiger partial charge in [-0.1, -0.05) is 35.6 Å². The van der Waals surface area contributed by atoms with Gasteiger partial charge in [0.2, 0.25) is 17.7 Å². The van der Waals surface area contributed by atoms with Crippen LogP contribution in [0.25, 0.3) is 10.2 Å². The lowest BCUT2D eigenvalue weighted by atomic mass is 9.85. The number of benzene rings is 1. The zero-order valence-corrected chi connectivity index (χ0v) is 14.0. The first-order valence-corrected chi connectivity index (χ1v) is 9.12. The monoisotopic (exact) mass is 353 g/mol. The highest BCUT2D eigenvalue weighted by molar-refractivity contribution is 7.22. The first kappa shape index (κ1) is 14.8.